The number of nitrogens with two attached hydrogens (primary N) is 1. The number of fused-ring (bicyclic) bond motifs is 1. The van der Waals surface area contributed by atoms with Crippen LogP contribution >= 0.6 is 0 Å². The summed E-state index contributed by atoms with van der Waals surface area (Å²) >= 11 is 0. The minimum absolute atomic E-state index is 0.0486. The first-order valence-electron chi connectivity index (χ1n) is 6.73. The number of nitrogen functional groups attached to an aromatic ring is 1. The fourth-order valence-corrected chi connectivity index (χ4v) is 2.13. The number of imidazole rings is 1. The third-order valence-electron chi connectivity index (χ3n) is 2.98. The summed E-state index contributed by atoms with van der Waals surface area (Å²) in [5.74, 6) is 0.104. The molecule has 0 saturated heterocycles. The second-order valence-corrected chi connectivity index (χ2v) is 6.22. The smallest absolute Gasteiger partial charge is 0.262 e. The van der Waals surface area contributed by atoms with Crippen LogP contribution in [0.1, 0.15) is 26.5 Å². The summed E-state index contributed by atoms with van der Waals surface area (Å²) in [7, 11) is 0. The fraction of sp³-hybridized carbons (Fsp3) is 0.429. The number of amides is 1. The fourth-order valence-electron chi connectivity index (χ4n) is 2.13. The minimum atomic E-state index is -0.520. The number of pyridine rings is 1. The highest BCUT2D eigenvalue weighted by atomic mass is 16.5. The second kappa shape index (κ2) is 5.61. The van der Waals surface area contributed by atoms with Gasteiger partial charge in [0.15, 0.2) is 0 Å². The number of hydrogen-bond acceptors (Lipinski definition) is 5. The molecule has 0 fully saturated rings. The highest BCUT2D eigenvalue weighted by Gasteiger charge is 2.19. The Hall–Kier alpha value is -2.28. The molecule has 5 N–H and O–H groups in total. The topological polar surface area (TPSA) is 105 Å². The zero-order chi connectivity index (χ0) is 15.6. The Morgan fingerprint density at radius 3 is 2.76 bits per heavy atom. The molecule has 7 heteroatoms. The van der Waals surface area contributed by atoms with Gasteiger partial charge in [0, 0.05) is 11.9 Å². The molecule has 0 aliphatic heterocycles. The van der Waals surface area contributed by atoms with E-state index in [4.69, 9.17) is 10.9 Å². The van der Waals surface area contributed by atoms with Gasteiger partial charge in [-0.2, -0.15) is 0 Å². The summed E-state index contributed by atoms with van der Waals surface area (Å²) in [6.07, 6.45) is 2.58. The zero-order valence-electron chi connectivity index (χ0n) is 12.5. The third kappa shape index (κ3) is 3.63. The molecule has 7 nitrogen and oxygen atoms in total. The van der Waals surface area contributed by atoms with Gasteiger partial charge in [-0.15, -0.1) is 0 Å². The summed E-state index contributed by atoms with van der Waals surface area (Å²) in [6, 6.07) is 3.62. The van der Waals surface area contributed by atoms with Gasteiger partial charge in [-0.3, -0.25) is 14.4 Å². The summed E-state index contributed by atoms with van der Waals surface area (Å²) in [4.78, 5) is 15.7. The van der Waals surface area contributed by atoms with Crippen LogP contribution in [0, 0.1) is 5.41 Å². The van der Waals surface area contributed by atoms with E-state index in [0.717, 1.165) is 17.8 Å². The van der Waals surface area contributed by atoms with E-state index in [2.05, 4.69) is 31.1 Å². The van der Waals surface area contributed by atoms with Gasteiger partial charge in [-0.1, -0.05) is 20.8 Å². The van der Waals surface area contributed by atoms with Crippen LogP contribution < -0.4 is 16.5 Å². The first-order chi connectivity index (χ1) is 9.80. The summed E-state index contributed by atoms with van der Waals surface area (Å²) in [5.41, 5.74) is 9.85. The van der Waals surface area contributed by atoms with Crippen molar-refractivity contribution in [2.24, 2.45) is 5.41 Å². The van der Waals surface area contributed by atoms with Crippen molar-refractivity contribution in [1.82, 2.24) is 14.9 Å². The van der Waals surface area contributed by atoms with Crippen molar-refractivity contribution in [3.8, 4) is 0 Å². The van der Waals surface area contributed by atoms with Gasteiger partial charge >= 0.3 is 0 Å². The van der Waals surface area contributed by atoms with E-state index in [1.165, 1.54) is 0 Å². The monoisotopic (exact) mass is 291 g/mol. The van der Waals surface area contributed by atoms with Gasteiger partial charge in [0.1, 0.15) is 11.5 Å². The number of anilines is 2. The standard InChI is InChI=1S/C14H21N5O2/c1-14(2,3)6-10-13(16-7-12(20)18-21)17-11-5-4-9(15)8-19(10)11/h4-5,8,16,21H,6-7,15H2,1-3H3,(H,18,20). The molecule has 0 aromatic carbocycles. The Morgan fingerprint density at radius 1 is 1.43 bits per heavy atom. The van der Waals surface area contributed by atoms with Crippen LogP contribution in [0.2, 0.25) is 0 Å². The Balaban J connectivity index is 2.42. The number of aromatic nitrogens is 2. The van der Waals surface area contributed by atoms with E-state index in [0.29, 0.717) is 11.5 Å². The Kier molecular flexibility index (Phi) is 4.04. The van der Waals surface area contributed by atoms with Gasteiger partial charge < -0.3 is 11.1 Å². The Labute approximate surface area is 123 Å². The molecule has 0 atom stereocenters. The molecule has 114 valence electrons. The number of hydroxylamine groups is 1. The first kappa shape index (κ1) is 15.1. The second-order valence-electron chi connectivity index (χ2n) is 6.22. The van der Waals surface area contributed by atoms with Crippen LogP contribution in [0.15, 0.2) is 18.3 Å². The Morgan fingerprint density at radius 2 is 2.14 bits per heavy atom. The van der Waals surface area contributed by atoms with E-state index in [1.807, 2.05) is 16.7 Å². The first-order valence-corrected chi connectivity index (χ1v) is 6.73. The lowest BCUT2D eigenvalue weighted by molar-refractivity contribution is -0.127. The predicted molar refractivity (Wildman–Crippen MR) is 81.2 cm³/mol. The van der Waals surface area contributed by atoms with Crippen LogP contribution in [0.3, 0.4) is 0 Å². The maximum absolute atomic E-state index is 11.2. The van der Waals surface area contributed by atoms with Gasteiger partial charge in [0.25, 0.3) is 5.91 Å². The molecule has 0 spiro atoms. The average Bonchev–Trinajstić information content (AvgIpc) is 2.72. The number of carbonyl (C=O) groups is 1. The normalized spacial score (nSPS) is 11.6. The van der Waals surface area contributed by atoms with Crippen molar-refractivity contribution in [2.75, 3.05) is 17.6 Å². The number of nitrogens with one attached hydrogen (secondary N) is 2. The van der Waals surface area contributed by atoms with Gasteiger partial charge in [0.2, 0.25) is 0 Å². The van der Waals surface area contributed by atoms with Crippen molar-refractivity contribution in [2.45, 2.75) is 27.2 Å². The molecule has 2 aromatic rings. The molecule has 0 radical (unpaired) electrons. The van der Waals surface area contributed by atoms with Crippen molar-refractivity contribution < 1.29 is 10.0 Å². The van der Waals surface area contributed by atoms with Crippen LogP contribution in [0.4, 0.5) is 11.5 Å². The van der Waals surface area contributed by atoms with Crippen molar-refractivity contribution >= 4 is 23.1 Å². The van der Waals surface area contributed by atoms with E-state index in [9.17, 15) is 4.79 Å². The molecule has 2 heterocycles. The third-order valence-corrected chi connectivity index (χ3v) is 2.98. The van der Waals surface area contributed by atoms with Crippen LogP contribution in [0.5, 0.6) is 0 Å². The molecular weight excluding hydrogens is 270 g/mol. The SMILES string of the molecule is CC(C)(C)Cc1c(NCC(=O)NO)nc2ccc(N)cn12. The minimum Gasteiger partial charge on any atom is -0.398 e. The van der Waals surface area contributed by atoms with Crippen molar-refractivity contribution in [1.29, 1.82) is 0 Å². The van der Waals surface area contributed by atoms with Crippen LogP contribution in [-0.4, -0.2) is 27.0 Å². The number of carbonyl (C=O) groups excluding carboxylic acids is 1. The maximum Gasteiger partial charge on any atom is 0.262 e. The molecule has 0 aliphatic rings. The maximum atomic E-state index is 11.2. The molecule has 21 heavy (non-hydrogen) atoms. The van der Waals surface area contributed by atoms with E-state index in [-0.39, 0.29) is 12.0 Å². The van der Waals surface area contributed by atoms with Crippen LogP contribution in [-0.2, 0) is 11.2 Å². The average molecular weight is 291 g/mol. The number of rotatable bonds is 4. The largest absolute Gasteiger partial charge is 0.398 e. The van der Waals surface area contributed by atoms with Crippen molar-refractivity contribution in [3.63, 3.8) is 0 Å². The molecule has 0 bridgehead atoms. The quantitative estimate of drug-likeness (QED) is 0.504. The molecule has 0 aliphatic carbocycles. The highest BCUT2D eigenvalue weighted by molar-refractivity contribution is 5.79. The lowest BCUT2D eigenvalue weighted by Gasteiger charge is -2.19. The zero-order valence-corrected chi connectivity index (χ0v) is 12.5. The lowest BCUT2D eigenvalue weighted by Crippen LogP contribution is -2.27. The predicted octanol–water partition coefficient (Wildman–Crippen LogP) is 1.42. The lowest BCUT2D eigenvalue weighted by atomic mass is 9.90. The Bertz CT molecular complexity index is 657. The van der Waals surface area contributed by atoms with E-state index in [1.54, 1.807) is 11.5 Å². The molecule has 1 amide bonds. The molecular formula is C14H21N5O2. The van der Waals surface area contributed by atoms with Gasteiger partial charge in [-0.25, -0.2) is 10.5 Å². The number of hydrogen-bond donors (Lipinski definition) is 4. The number of nitrogens with zero attached hydrogens (tertiary/aromatic N) is 2. The van der Waals surface area contributed by atoms with Crippen molar-refractivity contribution in [3.05, 3.63) is 24.0 Å². The molecule has 2 rings (SSSR count). The van der Waals surface area contributed by atoms with Gasteiger partial charge in [-0.05, 0) is 24.0 Å². The van der Waals surface area contributed by atoms with Gasteiger partial charge in [0.05, 0.1) is 12.2 Å². The molecule has 2 aromatic heterocycles. The molecule has 0 unspecified atom stereocenters. The van der Waals surface area contributed by atoms with E-state index >= 15 is 0 Å². The van der Waals surface area contributed by atoms with Crippen LogP contribution in [0.25, 0.3) is 5.65 Å². The summed E-state index contributed by atoms with van der Waals surface area (Å²) in [6.45, 7) is 6.34. The summed E-state index contributed by atoms with van der Waals surface area (Å²) in [5, 5.41) is 11.5. The molecule has 0 saturated carbocycles. The van der Waals surface area contributed by atoms with E-state index < -0.39 is 5.91 Å². The summed E-state index contributed by atoms with van der Waals surface area (Å²) < 4.78 is 1.93. The highest BCUT2D eigenvalue weighted by Crippen LogP contribution is 2.27.